The average Bonchev–Trinajstić information content (AvgIpc) is 3.26. The molecule has 0 spiro atoms. The topological polar surface area (TPSA) is 107 Å². The van der Waals surface area contributed by atoms with E-state index in [9.17, 15) is 23.5 Å². The summed E-state index contributed by atoms with van der Waals surface area (Å²) >= 11 is 0. The van der Waals surface area contributed by atoms with Crippen LogP contribution in [0, 0.1) is 11.6 Å². The number of carbonyl (C=O) groups is 2. The molecular formula is C27H32F2N4O3. The minimum atomic E-state index is -1.43. The van der Waals surface area contributed by atoms with Crippen molar-refractivity contribution in [1.29, 1.82) is 0 Å². The minimum absolute atomic E-state index is 0.0623. The first-order chi connectivity index (χ1) is 16.7. The van der Waals surface area contributed by atoms with Gasteiger partial charge >= 0.3 is 0 Å². The number of carbonyl (C=O) groups excluding carboxylic acids is 2. The number of benzene rings is 2. The number of anilines is 1. The number of hydrogen-bond donors (Lipinski definition) is 4. The fourth-order valence-electron chi connectivity index (χ4n) is 3.69. The molecule has 9 heteroatoms. The number of aliphatic hydroxyl groups excluding tert-OH is 1. The van der Waals surface area contributed by atoms with Gasteiger partial charge in [-0.05, 0) is 41.2 Å². The first-order valence-corrected chi connectivity index (χ1v) is 11.6. The van der Waals surface area contributed by atoms with Crippen LogP contribution in [-0.2, 0) is 20.4 Å². The van der Waals surface area contributed by atoms with Gasteiger partial charge in [0.25, 0.3) is 5.91 Å². The average molecular weight is 499 g/mol. The van der Waals surface area contributed by atoms with Gasteiger partial charge < -0.3 is 15.7 Å². The third kappa shape index (κ3) is 6.15. The molecule has 2 amide bonds. The third-order valence-electron chi connectivity index (χ3n) is 6.18. The van der Waals surface area contributed by atoms with Crippen LogP contribution in [0.1, 0.15) is 70.0 Å². The van der Waals surface area contributed by atoms with Crippen molar-refractivity contribution in [2.45, 2.75) is 64.5 Å². The predicted molar refractivity (Wildman–Crippen MR) is 133 cm³/mol. The largest absolute Gasteiger partial charge is 0.378 e. The molecule has 2 aromatic carbocycles. The van der Waals surface area contributed by atoms with Gasteiger partial charge in [-0.25, -0.2) is 8.78 Å². The molecule has 0 aliphatic carbocycles. The monoisotopic (exact) mass is 498 g/mol. The number of nitrogens with one attached hydrogen (secondary N) is 3. The van der Waals surface area contributed by atoms with Crippen LogP contribution in [-0.4, -0.2) is 33.2 Å². The van der Waals surface area contributed by atoms with Crippen molar-refractivity contribution < 1.29 is 23.5 Å². The van der Waals surface area contributed by atoms with E-state index in [2.05, 4.69) is 41.6 Å². The Morgan fingerprint density at radius 1 is 0.917 bits per heavy atom. The van der Waals surface area contributed by atoms with Crippen LogP contribution in [0.15, 0.2) is 48.5 Å². The normalized spacial score (nSPS) is 13.7. The van der Waals surface area contributed by atoms with Gasteiger partial charge in [0.1, 0.15) is 17.7 Å². The lowest BCUT2D eigenvalue weighted by Gasteiger charge is -2.23. The van der Waals surface area contributed by atoms with E-state index in [1.165, 1.54) is 19.1 Å². The van der Waals surface area contributed by atoms with Crippen LogP contribution in [0.4, 0.5) is 14.6 Å². The zero-order valence-electron chi connectivity index (χ0n) is 21.2. The Morgan fingerprint density at radius 3 is 2.06 bits per heavy atom. The van der Waals surface area contributed by atoms with Crippen LogP contribution >= 0.6 is 0 Å². The zero-order chi connectivity index (χ0) is 26.8. The first-order valence-electron chi connectivity index (χ1n) is 11.6. The third-order valence-corrected chi connectivity index (χ3v) is 6.18. The summed E-state index contributed by atoms with van der Waals surface area (Å²) in [5, 5.41) is 22.4. The number of halogens is 2. The lowest BCUT2D eigenvalue weighted by molar-refractivity contribution is -0.132. The van der Waals surface area contributed by atoms with Crippen LogP contribution in [0.2, 0.25) is 0 Å². The number of hydrogen-bond acceptors (Lipinski definition) is 4. The highest BCUT2D eigenvalue weighted by molar-refractivity contribution is 5.97. The molecule has 1 heterocycles. The second-order valence-corrected chi connectivity index (χ2v) is 10.4. The maximum atomic E-state index is 13.7. The minimum Gasteiger partial charge on any atom is -0.378 e. The lowest BCUT2D eigenvalue weighted by Crippen LogP contribution is -2.43. The fraction of sp³-hybridized carbons (Fsp3) is 0.370. The number of aromatic amines is 1. The molecule has 3 rings (SSSR count). The number of H-pyrrole nitrogens is 1. The lowest BCUT2D eigenvalue weighted by atomic mass is 9.81. The first kappa shape index (κ1) is 27.0. The second kappa shape index (κ2) is 10.2. The van der Waals surface area contributed by atoms with Gasteiger partial charge in [-0.1, -0.05) is 58.9 Å². The van der Waals surface area contributed by atoms with Gasteiger partial charge in [-0.15, -0.1) is 0 Å². The fourth-order valence-corrected chi connectivity index (χ4v) is 3.69. The Balaban J connectivity index is 1.63. The van der Waals surface area contributed by atoms with Gasteiger partial charge in [0.2, 0.25) is 5.91 Å². The van der Waals surface area contributed by atoms with E-state index >= 15 is 0 Å². The molecule has 0 saturated carbocycles. The van der Waals surface area contributed by atoms with Gasteiger partial charge in [-0.3, -0.25) is 14.7 Å². The van der Waals surface area contributed by atoms with Gasteiger partial charge in [-0.2, -0.15) is 5.10 Å². The maximum absolute atomic E-state index is 13.7. The van der Waals surface area contributed by atoms with Crippen molar-refractivity contribution >= 4 is 17.6 Å². The summed E-state index contributed by atoms with van der Waals surface area (Å²) < 4.78 is 27.4. The number of nitrogens with zero attached hydrogens (tertiary/aromatic N) is 1. The number of amides is 2. The second-order valence-electron chi connectivity index (χ2n) is 10.4. The standard InChI is InChI=1S/C27H32F2N4O3/c1-15(30-25(36)23(34)16-7-9-17(10-8-16)26(2,3)4)24(35)31-22-14-21(32-33-22)27(5,6)18-11-19(28)13-20(29)12-18/h7-15,23,34H,1-6H3,(H,30,36)(H2,31,32,33,35)/t15?,23-/m0/s1. The number of rotatable bonds is 7. The van der Waals surface area contributed by atoms with Crippen molar-refractivity contribution in [1.82, 2.24) is 15.5 Å². The summed E-state index contributed by atoms with van der Waals surface area (Å²) in [5.74, 6) is -2.46. The van der Waals surface area contributed by atoms with Gasteiger partial charge in [0.05, 0.1) is 0 Å². The summed E-state index contributed by atoms with van der Waals surface area (Å²) in [6.07, 6.45) is -1.43. The Labute approximate surface area is 209 Å². The summed E-state index contributed by atoms with van der Waals surface area (Å²) in [4.78, 5) is 25.1. The highest BCUT2D eigenvalue weighted by Crippen LogP contribution is 2.32. The Hall–Kier alpha value is -3.59. The molecule has 4 N–H and O–H groups in total. The SMILES string of the molecule is CC(NC(=O)[C@@H](O)c1ccc(C(C)(C)C)cc1)C(=O)Nc1cc(C(C)(C)c2cc(F)cc(F)c2)[nH]n1. The smallest absolute Gasteiger partial charge is 0.254 e. The van der Waals surface area contributed by atoms with Crippen molar-refractivity contribution in [2.75, 3.05) is 5.32 Å². The van der Waals surface area contributed by atoms with Gasteiger partial charge in [0.15, 0.2) is 11.9 Å². The molecule has 0 radical (unpaired) electrons. The van der Waals surface area contributed by atoms with E-state index in [0.29, 0.717) is 16.8 Å². The van der Waals surface area contributed by atoms with E-state index in [1.807, 2.05) is 12.1 Å². The van der Waals surface area contributed by atoms with Crippen LogP contribution in [0.5, 0.6) is 0 Å². The molecule has 0 fully saturated rings. The van der Waals surface area contributed by atoms with Crippen LogP contribution < -0.4 is 10.6 Å². The maximum Gasteiger partial charge on any atom is 0.254 e. The molecule has 36 heavy (non-hydrogen) atoms. The molecule has 0 aliphatic heterocycles. The van der Waals surface area contributed by atoms with E-state index in [1.54, 1.807) is 32.0 Å². The Morgan fingerprint density at radius 2 is 1.50 bits per heavy atom. The van der Waals surface area contributed by atoms with Crippen LogP contribution in [0.3, 0.4) is 0 Å². The molecule has 1 aromatic heterocycles. The molecule has 0 aliphatic rings. The summed E-state index contributed by atoms with van der Waals surface area (Å²) in [6.45, 7) is 11.2. The van der Waals surface area contributed by atoms with E-state index < -0.39 is 41.0 Å². The summed E-state index contributed by atoms with van der Waals surface area (Å²) in [5.41, 5.74) is 1.51. The molecule has 1 unspecified atom stereocenters. The highest BCUT2D eigenvalue weighted by atomic mass is 19.1. The van der Waals surface area contributed by atoms with Crippen LogP contribution in [0.25, 0.3) is 0 Å². The van der Waals surface area contributed by atoms with Crippen molar-refractivity contribution in [2.24, 2.45) is 0 Å². The molecule has 7 nitrogen and oxygen atoms in total. The molecule has 3 aromatic rings. The molecule has 0 bridgehead atoms. The van der Waals surface area contributed by atoms with Crippen molar-refractivity contribution in [3.63, 3.8) is 0 Å². The van der Waals surface area contributed by atoms with E-state index in [4.69, 9.17) is 0 Å². The van der Waals surface area contributed by atoms with Crippen molar-refractivity contribution in [3.8, 4) is 0 Å². The van der Waals surface area contributed by atoms with Gasteiger partial charge in [0, 0.05) is 23.2 Å². The summed E-state index contributed by atoms with van der Waals surface area (Å²) in [6, 6.07) is 11.0. The molecular weight excluding hydrogens is 466 g/mol. The quantitative estimate of drug-likeness (QED) is 0.385. The molecule has 0 saturated heterocycles. The Bertz CT molecular complexity index is 1230. The zero-order valence-corrected chi connectivity index (χ0v) is 21.2. The van der Waals surface area contributed by atoms with E-state index in [0.717, 1.165) is 11.6 Å². The predicted octanol–water partition coefficient (Wildman–Crippen LogP) is 4.49. The number of aromatic nitrogens is 2. The highest BCUT2D eigenvalue weighted by Gasteiger charge is 2.28. The summed E-state index contributed by atoms with van der Waals surface area (Å²) in [7, 11) is 0. The van der Waals surface area contributed by atoms with Crippen molar-refractivity contribution in [3.05, 3.63) is 82.5 Å². The number of aliphatic hydroxyl groups is 1. The van der Waals surface area contributed by atoms with E-state index in [-0.39, 0.29) is 11.2 Å². The molecule has 192 valence electrons. The molecule has 2 atom stereocenters. The Kier molecular flexibility index (Phi) is 7.64.